The molecule has 1 aromatic carbocycles. The van der Waals surface area contributed by atoms with Crippen molar-refractivity contribution in [3.63, 3.8) is 0 Å². The second kappa shape index (κ2) is 6.75. The second-order valence-corrected chi connectivity index (χ2v) is 4.77. The van der Waals surface area contributed by atoms with Crippen LogP contribution in [0, 0.1) is 6.92 Å². The molecule has 0 aliphatic rings. The van der Waals surface area contributed by atoms with Gasteiger partial charge in [0.1, 0.15) is 11.6 Å². The third kappa shape index (κ3) is 4.12. The molecular formula is C15H21N5. The smallest absolute Gasteiger partial charge is 0.223 e. The average Bonchev–Trinajstić information content (AvgIpc) is 2.41. The highest BCUT2D eigenvalue weighted by molar-refractivity contribution is 5.60. The van der Waals surface area contributed by atoms with E-state index in [4.69, 9.17) is 5.73 Å². The summed E-state index contributed by atoms with van der Waals surface area (Å²) in [4.78, 5) is 8.37. The fraction of sp³-hybridized carbons (Fsp3) is 0.333. The van der Waals surface area contributed by atoms with E-state index in [1.54, 1.807) is 0 Å². The number of nitrogens with two attached hydrogens (primary N) is 1. The number of nitrogens with zero attached hydrogens (tertiary/aromatic N) is 2. The van der Waals surface area contributed by atoms with E-state index in [1.165, 1.54) is 5.56 Å². The molecule has 0 atom stereocenters. The number of hydrogen-bond acceptors (Lipinski definition) is 5. The lowest BCUT2D eigenvalue weighted by atomic mass is 10.2. The maximum Gasteiger partial charge on any atom is 0.223 e. The van der Waals surface area contributed by atoms with Crippen LogP contribution >= 0.6 is 0 Å². The van der Waals surface area contributed by atoms with Crippen molar-refractivity contribution in [3.8, 4) is 0 Å². The summed E-state index contributed by atoms with van der Waals surface area (Å²) in [6.07, 6.45) is 2.24. The minimum absolute atomic E-state index is 0.265. The summed E-state index contributed by atoms with van der Waals surface area (Å²) in [6.45, 7) is 5.10. The standard InChI is InChI=1S/C15H21N5/c1-3-4-9-17-13-10-14(20-15(16)19-13)18-12-7-5-11(2)6-8-12/h5-8,10H,3-4,9H2,1-2H3,(H4,16,17,18,19,20). The first-order valence-electron chi connectivity index (χ1n) is 6.89. The lowest BCUT2D eigenvalue weighted by molar-refractivity contribution is 0.831. The molecule has 4 N–H and O–H groups in total. The molecule has 5 heteroatoms. The van der Waals surface area contributed by atoms with Crippen LogP contribution in [0.4, 0.5) is 23.3 Å². The Morgan fingerprint density at radius 2 is 1.80 bits per heavy atom. The van der Waals surface area contributed by atoms with E-state index in [2.05, 4.69) is 34.4 Å². The molecule has 0 bridgehead atoms. The second-order valence-electron chi connectivity index (χ2n) is 4.77. The topological polar surface area (TPSA) is 75.9 Å². The Bertz CT molecular complexity index is 551. The summed E-state index contributed by atoms with van der Waals surface area (Å²) in [5.74, 6) is 1.71. The Balaban J connectivity index is 2.09. The van der Waals surface area contributed by atoms with Crippen molar-refractivity contribution in [1.29, 1.82) is 0 Å². The molecular weight excluding hydrogens is 250 g/mol. The first-order valence-corrected chi connectivity index (χ1v) is 6.89. The van der Waals surface area contributed by atoms with Crippen molar-refractivity contribution in [3.05, 3.63) is 35.9 Å². The molecule has 5 nitrogen and oxygen atoms in total. The van der Waals surface area contributed by atoms with Crippen molar-refractivity contribution < 1.29 is 0 Å². The van der Waals surface area contributed by atoms with Crippen molar-refractivity contribution >= 4 is 23.3 Å². The van der Waals surface area contributed by atoms with Crippen LogP contribution in [0.1, 0.15) is 25.3 Å². The van der Waals surface area contributed by atoms with Crippen LogP contribution in [0.2, 0.25) is 0 Å². The predicted octanol–water partition coefficient (Wildman–Crippen LogP) is 3.32. The molecule has 0 radical (unpaired) electrons. The van der Waals surface area contributed by atoms with Crippen LogP contribution in [0.15, 0.2) is 30.3 Å². The van der Waals surface area contributed by atoms with Gasteiger partial charge < -0.3 is 16.4 Å². The summed E-state index contributed by atoms with van der Waals surface area (Å²) in [5, 5.41) is 6.48. The number of anilines is 4. The van der Waals surface area contributed by atoms with Gasteiger partial charge in [0.2, 0.25) is 5.95 Å². The van der Waals surface area contributed by atoms with E-state index in [0.717, 1.165) is 30.9 Å². The summed E-state index contributed by atoms with van der Waals surface area (Å²) in [7, 11) is 0. The number of aryl methyl sites for hydroxylation is 1. The number of nitrogens with one attached hydrogen (secondary N) is 2. The number of hydrogen-bond donors (Lipinski definition) is 3. The van der Waals surface area contributed by atoms with E-state index >= 15 is 0 Å². The molecule has 0 fully saturated rings. The third-order valence-electron chi connectivity index (χ3n) is 2.90. The first-order chi connectivity index (χ1) is 9.67. The Morgan fingerprint density at radius 3 is 2.50 bits per heavy atom. The third-order valence-corrected chi connectivity index (χ3v) is 2.90. The Hall–Kier alpha value is -2.30. The molecule has 0 saturated carbocycles. The molecule has 106 valence electrons. The summed E-state index contributed by atoms with van der Waals surface area (Å²) >= 11 is 0. The van der Waals surface area contributed by atoms with Gasteiger partial charge in [-0.2, -0.15) is 9.97 Å². The van der Waals surface area contributed by atoms with Crippen LogP contribution < -0.4 is 16.4 Å². The average molecular weight is 271 g/mol. The number of unbranched alkanes of at least 4 members (excludes halogenated alkanes) is 1. The van der Waals surface area contributed by atoms with E-state index in [9.17, 15) is 0 Å². The molecule has 0 spiro atoms. The molecule has 0 unspecified atom stereocenters. The van der Waals surface area contributed by atoms with Crippen molar-refractivity contribution in [1.82, 2.24) is 9.97 Å². The van der Waals surface area contributed by atoms with Crippen LogP contribution in [-0.2, 0) is 0 Å². The van der Waals surface area contributed by atoms with Gasteiger partial charge in [0.25, 0.3) is 0 Å². The Morgan fingerprint density at radius 1 is 1.10 bits per heavy atom. The van der Waals surface area contributed by atoms with Gasteiger partial charge in [-0.25, -0.2) is 0 Å². The molecule has 0 aliphatic heterocycles. The molecule has 1 heterocycles. The lowest BCUT2D eigenvalue weighted by Gasteiger charge is -2.10. The van der Waals surface area contributed by atoms with E-state index < -0.39 is 0 Å². The fourth-order valence-electron chi connectivity index (χ4n) is 1.80. The highest BCUT2D eigenvalue weighted by Crippen LogP contribution is 2.18. The van der Waals surface area contributed by atoms with Crippen LogP contribution in [0.3, 0.4) is 0 Å². The number of nitrogen functional groups attached to an aromatic ring is 1. The number of benzene rings is 1. The predicted molar refractivity (Wildman–Crippen MR) is 84.3 cm³/mol. The van der Waals surface area contributed by atoms with E-state index in [0.29, 0.717) is 5.82 Å². The van der Waals surface area contributed by atoms with Gasteiger partial charge in [-0.05, 0) is 25.5 Å². The quantitative estimate of drug-likeness (QED) is 0.703. The number of aromatic nitrogens is 2. The van der Waals surface area contributed by atoms with Gasteiger partial charge in [-0.1, -0.05) is 31.0 Å². The van der Waals surface area contributed by atoms with Gasteiger partial charge in [0.15, 0.2) is 0 Å². The zero-order valence-corrected chi connectivity index (χ0v) is 12.0. The van der Waals surface area contributed by atoms with Gasteiger partial charge in [0, 0.05) is 18.3 Å². The highest BCUT2D eigenvalue weighted by atomic mass is 15.1. The molecule has 0 saturated heterocycles. The molecule has 0 aliphatic carbocycles. The molecule has 1 aromatic heterocycles. The molecule has 2 aromatic rings. The Kier molecular flexibility index (Phi) is 4.76. The van der Waals surface area contributed by atoms with Gasteiger partial charge in [-0.15, -0.1) is 0 Å². The molecule has 20 heavy (non-hydrogen) atoms. The zero-order chi connectivity index (χ0) is 14.4. The zero-order valence-electron chi connectivity index (χ0n) is 12.0. The number of rotatable bonds is 6. The Labute approximate surface area is 119 Å². The highest BCUT2D eigenvalue weighted by Gasteiger charge is 2.02. The van der Waals surface area contributed by atoms with Crippen molar-refractivity contribution in [2.24, 2.45) is 0 Å². The summed E-state index contributed by atoms with van der Waals surface area (Å²) in [6, 6.07) is 9.99. The van der Waals surface area contributed by atoms with E-state index in [1.807, 2.05) is 30.3 Å². The van der Waals surface area contributed by atoms with Crippen LogP contribution in [-0.4, -0.2) is 16.5 Å². The minimum Gasteiger partial charge on any atom is -0.370 e. The summed E-state index contributed by atoms with van der Waals surface area (Å²) < 4.78 is 0. The van der Waals surface area contributed by atoms with E-state index in [-0.39, 0.29) is 5.95 Å². The fourth-order valence-corrected chi connectivity index (χ4v) is 1.80. The normalized spacial score (nSPS) is 10.3. The molecule has 2 rings (SSSR count). The van der Waals surface area contributed by atoms with Gasteiger partial charge in [0.05, 0.1) is 0 Å². The van der Waals surface area contributed by atoms with Crippen LogP contribution in [0.5, 0.6) is 0 Å². The SMILES string of the molecule is CCCCNc1cc(Nc2ccc(C)cc2)nc(N)n1. The monoisotopic (exact) mass is 271 g/mol. The van der Waals surface area contributed by atoms with Crippen molar-refractivity contribution in [2.45, 2.75) is 26.7 Å². The maximum absolute atomic E-state index is 5.74. The van der Waals surface area contributed by atoms with Gasteiger partial charge in [-0.3, -0.25) is 0 Å². The maximum atomic E-state index is 5.74. The van der Waals surface area contributed by atoms with Crippen LogP contribution in [0.25, 0.3) is 0 Å². The van der Waals surface area contributed by atoms with Gasteiger partial charge >= 0.3 is 0 Å². The minimum atomic E-state index is 0.265. The first kappa shape index (κ1) is 14.1. The van der Waals surface area contributed by atoms with Crippen molar-refractivity contribution in [2.75, 3.05) is 22.9 Å². The lowest BCUT2D eigenvalue weighted by Crippen LogP contribution is -2.07. The largest absolute Gasteiger partial charge is 0.370 e. The molecule has 0 amide bonds. The summed E-state index contributed by atoms with van der Waals surface area (Å²) in [5.41, 5.74) is 7.94.